The Morgan fingerprint density at radius 3 is 2.83 bits per heavy atom. The lowest BCUT2D eigenvalue weighted by Gasteiger charge is -2.40. The molecule has 1 amide bonds. The number of methoxy groups -OCH3 is 1. The summed E-state index contributed by atoms with van der Waals surface area (Å²) in [7, 11) is 1.17. The van der Waals surface area contributed by atoms with Crippen molar-refractivity contribution in [1.82, 2.24) is 9.88 Å². The smallest absolute Gasteiger partial charge is 0.407 e. The molecule has 1 atom stereocenters. The first kappa shape index (κ1) is 16.5. The molecule has 1 saturated heterocycles. The predicted octanol–water partition coefficient (Wildman–Crippen LogP) is 1.09. The summed E-state index contributed by atoms with van der Waals surface area (Å²) in [5.74, 6) is -1.61. The number of anilines is 1. The number of pyridine rings is 1. The van der Waals surface area contributed by atoms with Gasteiger partial charge in [0.25, 0.3) is 0 Å². The fourth-order valence-corrected chi connectivity index (χ4v) is 2.49. The van der Waals surface area contributed by atoms with E-state index in [9.17, 15) is 14.0 Å². The van der Waals surface area contributed by atoms with E-state index >= 15 is 0 Å². The van der Waals surface area contributed by atoms with Gasteiger partial charge >= 0.3 is 12.1 Å². The lowest BCUT2D eigenvalue weighted by atomic mass is 10.1. The highest BCUT2D eigenvalue weighted by molar-refractivity contribution is 5.87. The fraction of sp³-hybridized carbons (Fsp3) is 0.429. The summed E-state index contributed by atoms with van der Waals surface area (Å²) in [6, 6.07) is 4.21. The fourth-order valence-electron chi connectivity index (χ4n) is 2.49. The van der Waals surface area contributed by atoms with Crippen LogP contribution in [0.3, 0.4) is 0 Å². The molecule has 9 heteroatoms. The standard InChI is InChI=1S/C14H15FN4O4/c1-23-13(20)10-2-3-11(12(15)17-10)19-7-6-18(14(21)22)8-9(19)4-5-16/h2-3,9H,4,6-8H2,1H3,(H,21,22). The molecule has 1 aromatic heterocycles. The van der Waals surface area contributed by atoms with Crippen molar-refractivity contribution in [2.24, 2.45) is 0 Å². The number of hydrogen-bond acceptors (Lipinski definition) is 6. The first-order valence-electron chi connectivity index (χ1n) is 6.84. The van der Waals surface area contributed by atoms with E-state index in [1.165, 1.54) is 24.1 Å². The number of carbonyl (C=O) groups excluding carboxylic acids is 1. The summed E-state index contributed by atoms with van der Waals surface area (Å²) in [6.07, 6.45) is -1.03. The van der Waals surface area contributed by atoms with Crippen LogP contribution in [-0.2, 0) is 4.74 Å². The van der Waals surface area contributed by atoms with Crippen LogP contribution in [0.5, 0.6) is 0 Å². The number of carboxylic acid groups (broad SMARTS) is 1. The maximum Gasteiger partial charge on any atom is 0.407 e. The molecule has 2 heterocycles. The Bertz CT molecular complexity index is 661. The molecule has 122 valence electrons. The second-order valence-electron chi connectivity index (χ2n) is 4.94. The molecule has 0 bridgehead atoms. The van der Waals surface area contributed by atoms with E-state index in [1.807, 2.05) is 6.07 Å². The maximum absolute atomic E-state index is 14.2. The highest BCUT2D eigenvalue weighted by Crippen LogP contribution is 2.25. The van der Waals surface area contributed by atoms with Crippen LogP contribution < -0.4 is 4.90 Å². The largest absolute Gasteiger partial charge is 0.465 e. The van der Waals surface area contributed by atoms with Crippen LogP contribution in [-0.4, -0.2) is 59.8 Å². The van der Waals surface area contributed by atoms with Gasteiger partial charge in [-0.1, -0.05) is 0 Å². The minimum atomic E-state index is -1.08. The van der Waals surface area contributed by atoms with Gasteiger partial charge in [0.1, 0.15) is 0 Å². The first-order valence-corrected chi connectivity index (χ1v) is 6.84. The Morgan fingerprint density at radius 2 is 2.26 bits per heavy atom. The average molecular weight is 322 g/mol. The van der Waals surface area contributed by atoms with Crippen LogP contribution in [0.1, 0.15) is 16.9 Å². The lowest BCUT2D eigenvalue weighted by molar-refractivity contribution is 0.0592. The number of ether oxygens (including phenoxy) is 1. The van der Waals surface area contributed by atoms with Crippen LogP contribution in [0, 0.1) is 17.3 Å². The first-order chi connectivity index (χ1) is 11.0. The maximum atomic E-state index is 14.2. The minimum Gasteiger partial charge on any atom is -0.465 e. The van der Waals surface area contributed by atoms with Gasteiger partial charge in [0.2, 0.25) is 5.95 Å². The summed E-state index contributed by atoms with van der Waals surface area (Å²) >= 11 is 0. The third-order valence-corrected chi connectivity index (χ3v) is 3.61. The number of rotatable bonds is 3. The molecule has 0 saturated carbocycles. The SMILES string of the molecule is COC(=O)c1ccc(N2CCN(C(=O)O)CC2CC#N)c(F)n1. The summed E-state index contributed by atoms with van der Waals surface area (Å²) in [6.45, 7) is 0.519. The number of piperazine rings is 1. The molecule has 1 unspecified atom stereocenters. The highest BCUT2D eigenvalue weighted by Gasteiger charge is 2.31. The van der Waals surface area contributed by atoms with Crippen molar-refractivity contribution in [1.29, 1.82) is 5.26 Å². The van der Waals surface area contributed by atoms with E-state index in [-0.39, 0.29) is 37.4 Å². The summed E-state index contributed by atoms with van der Waals surface area (Å²) in [5, 5.41) is 18.0. The van der Waals surface area contributed by atoms with Crippen molar-refractivity contribution in [3.05, 3.63) is 23.8 Å². The van der Waals surface area contributed by atoms with E-state index in [0.717, 1.165) is 0 Å². The van der Waals surface area contributed by atoms with Crippen LogP contribution >= 0.6 is 0 Å². The van der Waals surface area contributed by atoms with Gasteiger partial charge in [0.05, 0.1) is 31.3 Å². The van der Waals surface area contributed by atoms with Crippen LogP contribution in [0.25, 0.3) is 0 Å². The van der Waals surface area contributed by atoms with E-state index in [1.54, 1.807) is 4.90 Å². The Labute approximate surface area is 131 Å². The number of nitrogens with zero attached hydrogens (tertiary/aromatic N) is 4. The minimum absolute atomic E-state index is 0.0436. The molecule has 1 aromatic rings. The van der Waals surface area contributed by atoms with E-state index in [0.29, 0.717) is 0 Å². The molecule has 1 aliphatic rings. The molecule has 0 spiro atoms. The molecule has 8 nitrogen and oxygen atoms in total. The quantitative estimate of drug-likeness (QED) is 0.655. The zero-order valence-corrected chi connectivity index (χ0v) is 12.4. The topological polar surface area (TPSA) is 107 Å². The van der Waals surface area contributed by atoms with Crippen molar-refractivity contribution in [3.63, 3.8) is 0 Å². The molecule has 2 rings (SSSR count). The third-order valence-electron chi connectivity index (χ3n) is 3.61. The molecule has 0 aliphatic carbocycles. The lowest BCUT2D eigenvalue weighted by Crippen LogP contribution is -2.54. The average Bonchev–Trinajstić information content (AvgIpc) is 2.54. The van der Waals surface area contributed by atoms with Crippen LogP contribution in [0.4, 0.5) is 14.9 Å². The molecule has 1 N–H and O–H groups in total. The second kappa shape index (κ2) is 6.91. The van der Waals surface area contributed by atoms with Gasteiger partial charge in [-0.05, 0) is 12.1 Å². The number of esters is 1. The van der Waals surface area contributed by atoms with Gasteiger partial charge in [0, 0.05) is 19.6 Å². The number of amides is 1. The zero-order chi connectivity index (χ0) is 17.0. The van der Waals surface area contributed by atoms with E-state index in [4.69, 9.17) is 10.4 Å². The van der Waals surface area contributed by atoms with Crippen LogP contribution in [0.15, 0.2) is 12.1 Å². The Balaban J connectivity index is 2.27. The van der Waals surface area contributed by atoms with Gasteiger partial charge in [-0.25, -0.2) is 14.6 Å². The van der Waals surface area contributed by atoms with E-state index in [2.05, 4.69) is 9.72 Å². The molecule has 23 heavy (non-hydrogen) atoms. The monoisotopic (exact) mass is 322 g/mol. The molecule has 0 aromatic carbocycles. The molecule has 0 radical (unpaired) electrons. The number of aromatic nitrogens is 1. The zero-order valence-electron chi connectivity index (χ0n) is 12.4. The number of halogens is 1. The molecular weight excluding hydrogens is 307 g/mol. The van der Waals surface area contributed by atoms with Crippen molar-refractivity contribution in [2.45, 2.75) is 12.5 Å². The van der Waals surface area contributed by atoms with Crippen molar-refractivity contribution < 1.29 is 23.8 Å². The van der Waals surface area contributed by atoms with Crippen molar-refractivity contribution >= 4 is 17.7 Å². The third kappa shape index (κ3) is 3.48. The number of hydrogen-bond donors (Lipinski definition) is 1. The molecular formula is C14H15FN4O4. The number of nitriles is 1. The van der Waals surface area contributed by atoms with Gasteiger partial charge in [-0.3, -0.25) is 0 Å². The Kier molecular flexibility index (Phi) is 4.95. The van der Waals surface area contributed by atoms with Gasteiger partial charge in [-0.2, -0.15) is 9.65 Å². The van der Waals surface area contributed by atoms with E-state index < -0.39 is 24.1 Å². The Hall–Kier alpha value is -2.89. The summed E-state index contributed by atoms with van der Waals surface area (Å²) in [5.41, 5.74) is -0.0299. The van der Waals surface area contributed by atoms with Crippen LogP contribution in [0.2, 0.25) is 0 Å². The van der Waals surface area contributed by atoms with Gasteiger partial charge in [-0.15, -0.1) is 0 Å². The molecule has 1 fully saturated rings. The highest BCUT2D eigenvalue weighted by atomic mass is 19.1. The molecule has 1 aliphatic heterocycles. The number of carbonyl (C=O) groups is 2. The van der Waals surface area contributed by atoms with Gasteiger partial charge < -0.3 is 19.6 Å². The predicted molar refractivity (Wildman–Crippen MR) is 76.5 cm³/mol. The second-order valence-corrected chi connectivity index (χ2v) is 4.94. The van der Waals surface area contributed by atoms with Crippen molar-refractivity contribution in [3.8, 4) is 6.07 Å². The normalized spacial score (nSPS) is 17.5. The Morgan fingerprint density at radius 1 is 1.52 bits per heavy atom. The summed E-state index contributed by atoms with van der Waals surface area (Å²) < 4.78 is 18.7. The van der Waals surface area contributed by atoms with Gasteiger partial charge in [0.15, 0.2) is 5.69 Å². The summed E-state index contributed by atoms with van der Waals surface area (Å²) in [4.78, 5) is 28.8. The van der Waals surface area contributed by atoms with Crippen molar-refractivity contribution in [2.75, 3.05) is 31.6 Å².